The highest BCUT2D eigenvalue weighted by atomic mass is 32.2. The van der Waals surface area contributed by atoms with Gasteiger partial charge >= 0.3 is 0 Å². The summed E-state index contributed by atoms with van der Waals surface area (Å²) in [7, 11) is 1.57. The number of amides is 2. The van der Waals surface area contributed by atoms with Crippen LogP contribution in [-0.4, -0.2) is 40.4 Å². The van der Waals surface area contributed by atoms with Crippen molar-refractivity contribution in [3.8, 4) is 5.75 Å². The third-order valence-corrected chi connectivity index (χ3v) is 6.45. The minimum atomic E-state index is -0.373. The van der Waals surface area contributed by atoms with Crippen molar-refractivity contribution < 1.29 is 14.3 Å². The molecule has 1 atom stereocenters. The Balaban J connectivity index is 1.65. The van der Waals surface area contributed by atoms with Crippen LogP contribution in [0.2, 0.25) is 0 Å². The smallest absolute Gasteiger partial charge is 0.237 e. The molecule has 1 heterocycles. The predicted octanol–water partition coefficient (Wildman–Crippen LogP) is 3.88. The van der Waals surface area contributed by atoms with Crippen molar-refractivity contribution in [1.29, 1.82) is 0 Å². The van der Waals surface area contributed by atoms with Crippen molar-refractivity contribution >= 4 is 45.7 Å². The SMILES string of the molecule is CCC(=O)N(c1nnc(SC(C)C(=O)Nc2cc(C)ccc2OC)s1)C1CC1. The molecule has 1 aliphatic carbocycles. The summed E-state index contributed by atoms with van der Waals surface area (Å²) in [6.45, 7) is 5.62. The molecule has 1 aromatic heterocycles. The minimum absolute atomic E-state index is 0.0625. The first kappa shape index (κ1) is 20.6. The van der Waals surface area contributed by atoms with E-state index in [1.54, 1.807) is 12.0 Å². The van der Waals surface area contributed by atoms with Crippen molar-refractivity contribution in [3.63, 3.8) is 0 Å². The van der Waals surface area contributed by atoms with Gasteiger partial charge in [0.15, 0.2) is 4.34 Å². The fourth-order valence-corrected chi connectivity index (χ4v) is 4.75. The first-order chi connectivity index (χ1) is 13.4. The van der Waals surface area contributed by atoms with Gasteiger partial charge in [-0.15, -0.1) is 10.2 Å². The molecule has 1 saturated carbocycles. The predicted molar refractivity (Wildman–Crippen MR) is 112 cm³/mol. The summed E-state index contributed by atoms with van der Waals surface area (Å²) in [6.07, 6.45) is 2.45. The van der Waals surface area contributed by atoms with Crippen LogP contribution in [0, 0.1) is 6.92 Å². The molecule has 1 aliphatic rings. The number of rotatable bonds is 8. The summed E-state index contributed by atoms with van der Waals surface area (Å²) >= 11 is 2.69. The zero-order valence-corrected chi connectivity index (χ0v) is 18.0. The van der Waals surface area contributed by atoms with Gasteiger partial charge < -0.3 is 10.1 Å². The Kier molecular flexibility index (Phi) is 6.56. The Labute approximate surface area is 172 Å². The maximum Gasteiger partial charge on any atom is 0.237 e. The molecule has 1 aromatic carbocycles. The van der Waals surface area contributed by atoms with Gasteiger partial charge in [0.2, 0.25) is 16.9 Å². The Hall–Kier alpha value is -2.13. The van der Waals surface area contributed by atoms with Gasteiger partial charge in [0.05, 0.1) is 18.0 Å². The van der Waals surface area contributed by atoms with Crippen molar-refractivity contribution in [2.24, 2.45) is 0 Å². The number of anilines is 2. The van der Waals surface area contributed by atoms with Crippen LogP contribution in [0.4, 0.5) is 10.8 Å². The number of nitrogens with zero attached hydrogens (tertiary/aromatic N) is 3. The molecular formula is C19H24N4O3S2. The van der Waals surface area contributed by atoms with Crippen LogP contribution in [0.5, 0.6) is 5.75 Å². The number of ether oxygens (including phenoxy) is 1. The third kappa shape index (κ3) is 4.82. The Morgan fingerprint density at radius 1 is 1.39 bits per heavy atom. The molecule has 3 rings (SSSR count). The second kappa shape index (κ2) is 8.91. The van der Waals surface area contributed by atoms with Gasteiger partial charge in [-0.3, -0.25) is 14.5 Å². The van der Waals surface area contributed by atoms with Gasteiger partial charge in [-0.05, 0) is 44.4 Å². The monoisotopic (exact) mass is 420 g/mol. The number of aromatic nitrogens is 2. The van der Waals surface area contributed by atoms with Crippen LogP contribution in [0.15, 0.2) is 22.5 Å². The number of carbonyl (C=O) groups is 2. The number of methoxy groups -OCH3 is 1. The fourth-order valence-electron chi connectivity index (χ4n) is 2.68. The van der Waals surface area contributed by atoms with E-state index >= 15 is 0 Å². The molecule has 0 saturated heterocycles. The van der Waals surface area contributed by atoms with Gasteiger partial charge in [-0.1, -0.05) is 36.1 Å². The van der Waals surface area contributed by atoms with E-state index in [9.17, 15) is 9.59 Å². The molecule has 1 fully saturated rings. The molecule has 1 N–H and O–H groups in total. The number of thioether (sulfide) groups is 1. The minimum Gasteiger partial charge on any atom is -0.495 e. The van der Waals surface area contributed by atoms with Crippen LogP contribution in [0.1, 0.15) is 38.7 Å². The molecule has 1 unspecified atom stereocenters. The maximum absolute atomic E-state index is 12.6. The quantitative estimate of drug-likeness (QED) is 0.515. The number of hydrogen-bond donors (Lipinski definition) is 1. The molecule has 7 nitrogen and oxygen atoms in total. The first-order valence-corrected chi connectivity index (χ1v) is 10.9. The van der Waals surface area contributed by atoms with E-state index in [0.29, 0.717) is 27.3 Å². The molecule has 9 heteroatoms. The van der Waals surface area contributed by atoms with Crippen molar-refractivity contribution in [1.82, 2.24) is 10.2 Å². The fraction of sp³-hybridized carbons (Fsp3) is 0.474. The summed E-state index contributed by atoms with van der Waals surface area (Å²) in [4.78, 5) is 26.6. The molecule has 0 radical (unpaired) electrons. The summed E-state index contributed by atoms with van der Waals surface area (Å²) < 4.78 is 5.98. The molecule has 0 spiro atoms. The lowest BCUT2D eigenvalue weighted by Gasteiger charge is -2.17. The molecule has 150 valence electrons. The highest BCUT2D eigenvalue weighted by Crippen LogP contribution is 2.37. The van der Waals surface area contributed by atoms with Crippen molar-refractivity contribution in [2.75, 3.05) is 17.3 Å². The van der Waals surface area contributed by atoms with Gasteiger partial charge in [-0.25, -0.2) is 0 Å². The number of aryl methyl sites for hydroxylation is 1. The van der Waals surface area contributed by atoms with Gasteiger partial charge in [0.1, 0.15) is 5.75 Å². The number of nitrogens with one attached hydrogen (secondary N) is 1. The summed E-state index contributed by atoms with van der Waals surface area (Å²) in [5.41, 5.74) is 1.68. The Bertz CT molecular complexity index is 867. The van der Waals surface area contributed by atoms with Gasteiger partial charge in [0, 0.05) is 12.5 Å². The van der Waals surface area contributed by atoms with E-state index in [0.717, 1.165) is 18.4 Å². The van der Waals surface area contributed by atoms with E-state index in [1.165, 1.54) is 23.1 Å². The third-order valence-electron chi connectivity index (χ3n) is 4.34. The average molecular weight is 421 g/mol. The number of carbonyl (C=O) groups excluding carboxylic acids is 2. The van der Waals surface area contributed by atoms with Crippen LogP contribution >= 0.6 is 23.1 Å². The van der Waals surface area contributed by atoms with E-state index in [-0.39, 0.29) is 23.1 Å². The lowest BCUT2D eigenvalue weighted by Crippen LogP contribution is -2.32. The lowest BCUT2D eigenvalue weighted by molar-refractivity contribution is -0.118. The van der Waals surface area contributed by atoms with E-state index < -0.39 is 0 Å². The summed E-state index contributed by atoms with van der Waals surface area (Å²) in [5, 5.41) is 11.5. The maximum atomic E-state index is 12.6. The molecule has 2 amide bonds. The topological polar surface area (TPSA) is 84.4 Å². The molecule has 0 aliphatic heterocycles. The second-order valence-corrected chi connectivity index (χ2v) is 9.20. The summed E-state index contributed by atoms with van der Waals surface area (Å²) in [6, 6.07) is 5.88. The van der Waals surface area contributed by atoms with Crippen LogP contribution in [-0.2, 0) is 9.59 Å². The lowest BCUT2D eigenvalue weighted by atomic mass is 10.2. The Morgan fingerprint density at radius 2 is 2.14 bits per heavy atom. The van der Waals surface area contributed by atoms with E-state index in [2.05, 4.69) is 15.5 Å². The van der Waals surface area contributed by atoms with E-state index in [4.69, 9.17) is 4.74 Å². The van der Waals surface area contributed by atoms with Crippen molar-refractivity contribution in [2.45, 2.75) is 55.7 Å². The highest BCUT2D eigenvalue weighted by molar-refractivity contribution is 8.02. The average Bonchev–Trinajstić information content (AvgIpc) is 3.40. The zero-order chi connectivity index (χ0) is 20.3. The normalized spacial score (nSPS) is 14.4. The second-order valence-electron chi connectivity index (χ2n) is 6.65. The van der Waals surface area contributed by atoms with Crippen molar-refractivity contribution in [3.05, 3.63) is 23.8 Å². The summed E-state index contributed by atoms with van der Waals surface area (Å²) in [5.74, 6) is 0.536. The van der Waals surface area contributed by atoms with Gasteiger partial charge in [-0.2, -0.15) is 0 Å². The van der Waals surface area contributed by atoms with Crippen LogP contribution in [0.25, 0.3) is 0 Å². The van der Waals surface area contributed by atoms with Crippen LogP contribution < -0.4 is 15.0 Å². The van der Waals surface area contributed by atoms with E-state index in [1.807, 2.05) is 39.0 Å². The van der Waals surface area contributed by atoms with Crippen LogP contribution in [0.3, 0.4) is 0 Å². The molecular weight excluding hydrogens is 396 g/mol. The first-order valence-electron chi connectivity index (χ1n) is 9.20. The molecule has 28 heavy (non-hydrogen) atoms. The number of hydrogen-bond acceptors (Lipinski definition) is 7. The zero-order valence-electron chi connectivity index (χ0n) is 16.4. The number of benzene rings is 1. The molecule has 0 bridgehead atoms. The largest absolute Gasteiger partial charge is 0.495 e. The highest BCUT2D eigenvalue weighted by Gasteiger charge is 2.35. The Morgan fingerprint density at radius 3 is 2.79 bits per heavy atom. The van der Waals surface area contributed by atoms with Gasteiger partial charge in [0.25, 0.3) is 0 Å². The molecule has 2 aromatic rings. The standard InChI is InChI=1S/C19H24N4O3S2/c1-5-16(24)23(13-7-8-13)18-21-22-19(28-18)27-12(3)17(25)20-14-10-11(2)6-9-15(14)26-4/h6,9-10,12-13H,5,7-8H2,1-4H3,(H,20,25).